The number of aliphatic carboxylic acids is 1. The molecule has 0 atom stereocenters. The number of anilines is 1. The van der Waals surface area contributed by atoms with E-state index in [4.69, 9.17) is 15.6 Å². The van der Waals surface area contributed by atoms with Gasteiger partial charge in [-0.15, -0.1) is 0 Å². The zero-order valence-corrected chi connectivity index (χ0v) is 8.43. The van der Waals surface area contributed by atoms with E-state index in [1.807, 2.05) is 6.92 Å². The van der Waals surface area contributed by atoms with E-state index in [1.54, 1.807) is 18.2 Å². The summed E-state index contributed by atoms with van der Waals surface area (Å²) in [5.74, 6) is -0.371. The van der Waals surface area contributed by atoms with Crippen LogP contribution in [0.25, 0.3) is 6.08 Å². The molecule has 1 aromatic carbocycles. The molecule has 0 saturated heterocycles. The van der Waals surface area contributed by atoms with Crippen molar-refractivity contribution in [1.29, 1.82) is 0 Å². The average Bonchev–Trinajstić information content (AvgIpc) is 2.18. The van der Waals surface area contributed by atoms with E-state index >= 15 is 0 Å². The van der Waals surface area contributed by atoms with Crippen LogP contribution in [-0.4, -0.2) is 17.7 Å². The summed E-state index contributed by atoms with van der Waals surface area (Å²) in [7, 11) is 0. The standard InChI is InChI=1S/C11H13NO3/c1-2-15-10-5-4-9(12)7-8(10)3-6-11(13)14/h3-7H,2,12H2,1H3,(H,13,14)/b6-3+. The minimum Gasteiger partial charge on any atom is -0.493 e. The second-order valence-electron chi connectivity index (χ2n) is 2.90. The van der Waals surface area contributed by atoms with Crippen LogP contribution in [0.1, 0.15) is 12.5 Å². The van der Waals surface area contributed by atoms with E-state index in [-0.39, 0.29) is 0 Å². The molecule has 0 bridgehead atoms. The lowest BCUT2D eigenvalue weighted by molar-refractivity contribution is -0.131. The quantitative estimate of drug-likeness (QED) is 0.583. The third-order valence-corrected chi connectivity index (χ3v) is 1.74. The molecule has 0 fully saturated rings. The zero-order valence-electron chi connectivity index (χ0n) is 8.43. The van der Waals surface area contributed by atoms with E-state index in [9.17, 15) is 4.79 Å². The summed E-state index contributed by atoms with van der Waals surface area (Å²) >= 11 is 0. The van der Waals surface area contributed by atoms with Crippen LogP contribution in [-0.2, 0) is 4.79 Å². The van der Waals surface area contributed by atoms with Gasteiger partial charge in [-0.3, -0.25) is 0 Å². The van der Waals surface area contributed by atoms with E-state index in [2.05, 4.69) is 0 Å². The predicted octanol–water partition coefficient (Wildman–Crippen LogP) is 1.77. The summed E-state index contributed by atoms with van der Waals surface area (Å²) in [6.07, 6.45) is 2.51. The van der Waals surface area contributed by atoms with Gasteiger partial charge in [0, 0.05) is 17.3 Å². The van der Waals surface area contributed by atoms with Crippen LogP contribution in [0.3, 0.4) is 0 Å². The molecule has 1 rings (SSSR count). The van der Waals surface area contributed by atoms with Crippen LogP contribution in [0.15, 0.2) is 24.3 Å². The van der Waals surface area contributed by atoms with Crippen molar-refractivity contribution in [2.45, 2.75) is 6.92 Å². The first-order valence-electron chi connectivity index (χ1n) is 4.57. The SMILES string of the molecule is CCOc1ccc(N)cc1/C=C/C(=O)O. The highest BCUT2D eigenvalue weighted by Gasteiger charge is 2.01. The van der Waals surface area contributed by atoms with Crippen molar-refractivity contribution in [3.05, 3.63) is 29.8 Å². The van der Waals surface area contributed by atoms with E-state index in [1.165, 1.54) is 6.08 Å². The molecule has 0 spiro atoms. The van der Waals surface area contributed by atoms with Crippen molar-refractivity contribution >= 4 is 17.7 Å². The Hall–Kier alpha value is -1.97. The van der Waals surface area contributed by atoms with Gasteiger partial charge in [0.05, 0.1) is 6.61 Å². The van der Waals surface area contributed by atoms with Crippen LogP contribution < -0.4 is 10.5 Å². The Kier molecular flexibility index (Phi) is 3.74. The summed E-state index contributed by atoms with van der Waals surface area (Å²) in [4.78, 5) is 10.4. The van der Waals surface area contributed by atoms with Gasteiger partial charge in [-0.25, -0.2) is 4.79 Å². The number of benzene rings is 1. The minimum atomic E-state index is -1.00. The molecule has 4 nitrogen and oxygen atoms in total. The van der Waals surface area contributed by atoms with E-state index in [0.717, 1.165) is 6.08 Å². The Labute approximate surface area is 88.0 Å². The summed E-state index contributed by atoms with van der Waals surface area (Å²) < 4.78 is 5.32. The van der Waals surface area contributed by atoms with Gasteiger partial charge >= 0.3 is 5.97 Å². The largest absolute Gasteiger partial charge is 0.493 e. The average molecular weight is 207 g/mol. The smallest absolute Gasteiger partial charge is 0.328 e. The molecule has 1 aromatic rings. The molecule has 0 amide bonds. The molecule has 0 aliphatic carbocycles. The third-order valence-electron chi connectivity index (χ3n) is 1.74. The Morgan fingerprint density at radius 2 is 2.33 bits per heavy atom. The van der Waals surface area contributed by atoms with Crippen molar-refractivity contribution in [3.8, 4) is 5.75 Å². The fraction of sp³-hybridized carbons (Fsp3) is 0.182. The number of ether oxygens (including phenoxy) is 1. The van der Waals surface area contributed by atoms with Crippen molar-refractivity contribution in [2.75, 3.05) is 12.3 Å². The van der Waals surface area contributed by atoms with Crippen LogP contribution in [0.5, 0.6) is 5.75 Å². The molecule has 0 aliphatic heterocycles. The number of nitrogen functional groups attached to an aromatic ring is 1. The van der Waals surface area contributed by atoms with Crippen molar-refractivity contribution in [1.82, 2.24) is 0 Å². The van der Waals surface area contributed by atoms with Crippen molar-refractivity contribution in [2.24, 2.45) is 0 Å². The van der Waals surface area contributed by atoms with Crippen LogP contribution in [0.2, 0.25) is 0 Å². The number of hydrogen-bond donors (Lipinski definition) is 2. The van der Waals surface area contributed by atoms with Gasteiger partial charge in [0.15, 0.2) is 0 Å². The molecule has 0 radical (unpaired) electrons. The number of nitrogens with two attached hydrogens (primary N) is 1. The Bertz CT molecular complexity index is 385. The highest BCUT2D eigenvalue weighted by atomic mass is 16.5. The highest BCUT2D eigenvalue weighted by molar-refractivity contribution is 5.86. The molecule has 0 aromatic heterocycles. The maximum Gasteiger partial charge on any atom is 0.328 e. The van der Waals surface area contributed by atoms with Crippen molar-refractivity contribution < 1.29 is 14.6 Å². The predicted molar refractivity (Wildman–Crippen MR) is 58.7 cm³/mol. The summed E-state index contributed by atoms with van der Waals surface area (Å²) in [5, 5.41) is 8.51. The maximum atomic E-state index is 10.4. The van der Waals surface area contributed by atoms with Gasteiger partial charge in [-0.2, -0.15) is 0 Å². The first-order chi connectivity index (χ1) is 7.13. The van der Waals surface area contributed by atoms with E-state index in [0.29, 0.717) is 23.6 Å². The normalized spacial score (nSPS) is 10.5. The number of carbonyl (C=O) groups is 1. The first kappa shape index (κ1) is 11.1. The molecule has 4 heteroatoms. The van der Waals surface area contributed by atoms with Gasteiger partial charge in [-0.05, 0) is 31.2 Å². The molecule has 0 saturated carbocycles. The van der Waals surface area contributed by atoms with Gasteiger partial charge in [0.2, 0.25) is 0 Å². The van der Waals surface area contributed by atoms with Gasteiger partial charge in [0.25, 0.3) is 0 Å². The second kappa shape index (κ2) is 5.05. The van der Waals surface area contributed by atoms with Gasteiger partial charge < -0.3 is 15.6 Å². The van der Waals surface area contributed by atoms with Crippen molar-refractivity contribution in [3.63, 3.8) is 0 Å². The Morgan fingerprint density at radius 3 is 2.93 bits per heavy atom. The summed E-state index contributed by atoms with van der Waals surface area (Å²) in [5.41, 5.74) is 6.83. The lowest BCUT2D eigenvalue weighted by atomic mass is 10.1. The minimum absolute atomic E-state index is 0.526. The maximum absolute atomic E-state index is 10.4. The Morgan fingerprint density at radius 1 is 1.60 bits per heavy atom. The van der Waals surface area contributed by atoms with Gasteiger partial charge in [0.1, 0.15) is 5.75 Å². The molecule has 3 N–H and O–H groups in total. The molecule has 15 heavy (non-hydrogen) atoms. The number of hydrogen-bond acceptors (Lipinski definition) is 3. The number of carboxylic acids is 1. The molecule has 0 aliphatic rings. The number of rotatable bonds is 4. The van der Waals surface area contributed by atoms with Crippen LogP contribution >= 0.6 is 0 Å². The molecule has 0 unspecified atom stereocenters. The molecular formula is C11H13NO3. The lowest BCUT2D eigenvalue weighted by Gasteiger charge is -2.07. The zero-order chi connectivity index (χ0) is 11.3. The monoisotopic (exact) mass is 207 g/mol. The lowest BCUT2D eigenvalue weighted by Crippen LogP contribution is -1.96. The topological polar surface area (TPSA) is 72.5 Å². The fourth-order valence-corrected chi connectivity index (χ4v) is 1.15. The van der Waals surface area contributed by atoms with Crippen LogP contribution in [0.4, 0.5) is 5.69 Å². The summed E-state index contributed by atoms with van der Waals surface area (Å²) in [6.45, 7) is 2.39. The number of carboxylic acid groups (broad SMARTS) is 1. The fourth-order valence-electron chi connectivity index (χ4n) is 1.15. The second-order valence-corrected chi connectivity index (χ2v) is 2.90. The first-order valence-corrected chi connectivity index (χ1v) is 4.57. The summed E-state index contributed by atoms with van der Waals surface area (Å²) in [6, 6.07) is 5.11. The third kappa shape index (κ3) is 3.34. The molecule has 80 valence electrons. The van der Waals surface area contributed by atoms with Crippen LogP contribution in [0, 0.1) is 0 Å². The highest BCUT2D eigenvalue weighted by Crippen LogP contribution is 2.22. The molecule has 0 heterocycles. The Balaban J connectivity index is 3.01. The van der Waals surface area contributed by atoms with Gasteiger partial charge in [-0.1, -0.05) is 0 Å². The molecular weight excluding hydrogens is 194 g/mol. The van der Waals surface area contributed by atoms with E-state index < -0.39 is 5.97 Å².